The Morgan fingerprint density at radius 2 is 1.70 bits per heavy atom. The zero-order valence-corrected chi connectivity index (χ0v) is 22.0. The van der Waals surface area contributed by atoms with Crippen molar-refractivity contribution in [2.45, 2.75) is 39.2 Å². The first-order chi connectivity index (χ1) is 17.9. The molecule has 37 heavy (non-hydrogen) atoms. The summed E-state index contributed by atoms with van der Waals surface area (Å²) in [7, 11) is 2.75. The number of hydrogen-bond acceptors (Lipinski definition) is 6. The molecule has 0 atom stereocenters. The van der Waals surface area contributed by atoms with E-state index in [1.165, 1.54) is 14.2 Å². The number of rotatable bonds is 10. The lowest BCUT2D eigenvalue weighted by Gasteiger charge is -2.16. The van der Waals surface area contributed by atoms with E-state index >= 15 is 0 Å². The number of anilines is 1. The molecule has 4 rings (SSSR count). The first-order valence-electron chi connectivity index (χ1n) is 12.2. The molecule has 192 valence electrons. The molecular weight excluding hydrogens is 490 g/mol. The third-order valence-electron chi connectivity index (χ3n) is 6.26. The first-order valence-corrected chi connectivity index (χ1v) is 12.6. The number of unbranched alkanes of at least 4 members (excludes halogenated alkanes) is 1. The number of fused-ring (bicyclic) bond motifs is 1. The van der Waals surface area contributed by atoms with Crippen molar-refractivity contribution in [1.82, 2.24) is 9.55 Å². The lowest BCUT2D eigenvalue weighted by atomic mass is 10.0. The second-order valence-corrected chi connectivity index (χ2v) is 9.07. The molecule has 8 heteroatoms. The SMILES string of the molecule is CCCCc1nc(Cl)c(CNc2cc3ccccc3cc2C(=O)OC)n1-c1ccc(CC(=O)OC)cc1. The number of benzene rings is 3. The Morgan fingerprint density at radius 3 is 2.35 bits per heavy atom. The molecule has 1 heterocycles. The summed E-state index contributed by atoms with van der Waals surface area (Å²) in [4.78, 5) is 28.9. The predicted octanol–water partition coefficient (Wildman–Crippen LogP) is 6.14. The molecule has 0 spiro atoms. The molecule has 0 unspecified atom stereocenters. The second kappa shape index (κ2) is 11.9. The largest absolute Gasteiger partial charge is 0.469 e. The van der Waals surface area contributed by atoms with Gasteiger partial charge in [0.2, 0.25) is 0 Å². The minimum absolute atomic E-state index is 0.205. The summed E-state index contributed by atoms with van der Waals surface area (Å²) in [5.41, 5.74) is 3.62. The van der Waals surface area contributed by atoms with Gasteiger partial charge in [-0.3, -0.25) is 9.36 Å². The molecule has 1 N–H and O–H groups in total. The highest BCUT2D eigenvalue weighted by atomic mass is 35.5. The van der Waals surface area contributed by atoms with Gasteiger partial charge in [0.15, 0.2) is 5.15 Å². The van der Waals surface area contributed by atoms with Crippen molar-refractivity contribution in [2.75, 3.05) is 19.5 Å². The van der Waals surface area contributed by atoms with Crippen LogP contribution in [0.4, 0.5) is 5.69 Å². The maximum absolute atomic E-state index is 12.6. The smallest absolute Gasteiger partial charge is 0.339 e. The number of esters is 2. The summed E-state index contributed by atoms with van der Waals surface area (Å²) in [5.74, 6) is 0.150. The van der Waals surface area contributed by atoms with Gasteiger partial charge in [0.1, 0.15) is 5.82 Å². The molecule has 0 aliphatic rings. The zero-order valence-electron chi connectivity index (χ0n) is 21.2. The van der Waals surface area contributed by atoms with E-state index < -0.39 is 5.97 Å². The van der Waals surface area contributed by atoms with Crippen molar-refractivity contribution in [3.05, 3.63) is 88.5 Å². The summed E-state index contributed by atoms with van der Waals surface area (Å²) in [6, 6.07) is 19.3. The highest BCUT2D eigenvalue weighted by Crippen LogP contribution is 2.28. The molecule has 0 bridgehead atoms. The standard InChI is InChI=1S/C29H30ClN3O4/c1-4-5-10-26-32-28(30)25(33(26)22-13-11-19(12-14-22)15-27(34)36-2)18-31-24-17-21-9-7-6-8-20(21)16-23(24)29(35)37-3/h6-9,11-14,16-17,31H,4-5,10,15,18H2,1-3H3. The quantitative estimate of drug-likeness (QED) is 0.253. The Morgan fingerprint density at radius 1 is 1.00 bits per heavy atom. The van der Waals surface area contributed by atoms with Crippen molar-refractivity contribution < 1.29 is 19.1 Å². The zero-order chi connectivity index (χ0) is 26.4. The van der Waals surface area contributed by atoms with Gasteiger partial charge >= 0.3 is 11.9 Å². The Balaban J connectivity index is 1.70. The number of carbonyl (C=O) groups excluding carboxylic acids is 2. The molecule has 3 aromatic carbocycles. The number of carbonyl (C=O) groups is 2. The minimum Gasteiger partial charge on any atom is -0.469 e. The van der Waals surface area contributed by atoms with Gasteiger partial charge in [-0.1, -0.05) is 61.3 Å². The number of methoxy groups -OCH3 is 2. The van der Waals surface area contributed by atoms with Crippen LogP contribution in [0, 0.1) is 0 Å². The molecule has 1 aromatic heterocycles. The van der Waals surface area contributed by atoms with E-state index in [0.29, 0.717) is 22.9 Å². The predicted molar refractivity (Wildman–Crippen MR) is 146 cm³/mol. The van der Waals surface area contributed by atoms with Crippen molar-refractivity contribution in [2.24, 2.45) is 0 Å². The Hall–Kier alpha value is -3.84. The van der Waals surface area contributed by atoms with Crippen LogP contribution in [-0.2, 0) is 33.7 Å². The summed E-state index contributed by atoms with van der Waals surface area (Å²) < 4.78 is 11.9. The van der Waals surface area contributed by atoms with Gasteiger partial charge in [-0.05, 0) is 47.0 Å². The van der Waals surface area contributed by atoms with Crippen LogP contribution in [-0.4, -0.2) is 35.7 Å². The molecule has 0 amide bonds. The van der Waals surface area contributed by atoms with Crippen molar-refractivity contribution in [3.63, 3.8) is 0 Å². The van der Waals surface area contributed by atoms with Gasteiger partial charge in [-0.2, -0.15) is 0 Å². The van der Waals surface area contributed by atoms with Crippen LogP contribution >= 0.6 is 11.6 Å². The molecule has 0 aliphatic heterocycles. The van der Waals surface area contributed by atoms with E-state index in [2.05, 4.69) is 17.2 Å². The highest BCUT2D eigenvalue weighted by molar-refractivity contribution is 6.30. The molecule has 4 aromatic rings. The van der Waals surface area contributed by atoms with Gasteiger partial charge in [0.25, 0.3) is 0 Å². The normalized spacial score (nSPS) is 10.9. The maximum Gasteiger partial charge on any atom is 0.339 e. The van der Waals surface area contributed by atoms with E-state index in [-0.39, 0.29) is 12.4 Å². The monoisotopic (exact) mass is 519 g/mol. The van der Waals surface area contributed by atoms with E-state index in [0.717, 1.165) is 52.8 Å². The van der Waals surface area contributed by atoms with Crippen LogP contribution in [0.25, 0.3) is 16.5 Å². The van der Waals surface area contributed by atoms with Crippen LogP contribution in [0.1, 0.15) is 47.2 Å². The van der Waals surface area contributed by atoms with E-state index in [9.17, 15) is 9.59 Å². The first kappa shape index (κ1) is 26.2. The summed E-state index contributed by atoms with van der Waals surface area (Å²) in [6.07, 6.45) is 2.97. The van der Waals surface area contributed by atoms with E-state index in [1.54, 1.807) is 0 Å². The Bertz CT molecular complexity index is 1410. The summed E-state index contributed by atoms with van der Waals surface area (Å²) in [6.45, 7) is 2.47. The number of hydrogen-bond donors (Lipinski definition) is 1. The summed E-state index contributed by atoms with van der Waals surface area (Å²) >= 11 is 6.66. The lowest BCUT2D eigenvalue weighted by molar-refractivity contribution is -0.139. The Kier molecular flexibility index (Phi) is 8.46. The second-order valence-electron chi connectivity index (χ2n) is 8.71. The highest BCUT2D eigenvalue weighted by Gasteiger charge is 2.19. The van der Waals surface area contributed by atoms with Crippen molar-refractivity contribution in [1.29, 1.82) is 0 Å². The van der Waals surface area contributed by atoms with E-state index in [1.807, 2.05) is 65.2 Å². The molecular formula is C29H30ClN3O4. The number of imidazole rings is 1. The van der Waals surface area contributed by atoms with Gasteiger partial charge in [-0.15, -0.1) is 0 Å². The number of aryl methyl sites for hydroxylation is 1. The molecule has 0 saturated carbocycles. The topological polar surface area (TPSA) is 82.5 Å². The van der Waals surface area contributed by atoms with Crippen LogP contribution in [0.15, 0.2) is 60.7 Å². The summed E-state index contributed by atoms with van der Waals surface area (Å²) in [5, 5.41) is 5.75. The fourth-order valence-electron chi connectivity index (χ4n) is 4.28. The average Bonchev–Trinajstić information content (AvgIpc) is 3.24. The van der Waals surface area contributed by atoms with Gasteiger partial charge in [0.05, 0.1) is 38.4 Å². The molecule has 7 nitrogen and oxygen atoms in total. The fraction of sp³-hybridized carbons (Fsp3) is 0.276. The lowest BCUT2D eigenvalue weighted by Crippen LogP contribution is -2.12. The Labute approximate surface area is 221 Å². The fourth-order valence-corrected chi connectivity index (χ4v) is 4.53. The minimum atomic E-state index is -0.419. The van der Waals surface area contributed by atoms with Gasteiger partial charge in [0, 0.05) is 17.8 Å². The van der Waals surface area contributed by atoms with E-state index in [4.69, 9.17) is 21.1 Å². The van der Waals surface area contributed by atoms with Gasteiger partial charge in [-0.25, -0.2) is 9.78 Å². The third-order valence-corrected chi connectivity index (χ3v) is 6.56. The molecule has 0 saturated heterocycles. The average molecular weight is 520 g/mol. The number of halogens is 1. The van der Waals surface area contributed by atoms with Crippen molar-refractivity contribution >= 4 is 40.0 Å². The van der Waals surface area contributed by atoms with Crippen LogP contribution in [0.3, 0.4) is 0 Å². The molecule has 0 fully saturated rings. The van der Waals surface area contributed by atoms with Crippen LogP contribution in [0.2, 0.25) is 5.15 Å². The van der Waals surface area contributed by atoms with Crippen LogP contribution < -0.4 is 5.32 Å². The number of nitrogens with one attached hydrogen (secondary N) is 1. The van der Waals surface area contributed by atoms with Crippen LogP contribution in [0.5, 0.6) is 0 Å². The number of nitrogens with zero attached hydrogens (tertiary/aromatic N) is 2. The third kappa shape index (κ3) is 5.94. The van der Waals surface area contributed by atoms with Crippen molar-refractivity contribution in [3.8, 4) is 5.69 Å². The van der Waals surface area contributed by atoms with Gasteiger partial charge < -0.3 is 14.8 Å². The number of aromatic nitrogens is 2. The number of ether oxygens (including phenoxy) is 2. The maximum atomic E-state index is 12.6. The molecule has 0 radical (unpaired) electrons. The molecule has 0 aliphatic carbocycles.